The molecule has 0 spiro atoms. The van der Waals surface area contributed by atoms with Crippen molar-refractivity contribution in [3.8, 4) is 11.5 Å². The number of methoxy groups -OCH3 is 1. The van der Waals surface area contributed by atoms with Gasteiger partial charge in [0.1, 0.15) is 24.2 Å². The average molecular weight is 482 g/mol. The van der Waals surface area contributed by atoms with Crippen molar-refractivity contribution in [3.63, 3.8) is 0 Å². The first kappa shape index (κ1) is 24.5. The minimum Gasteiger partial charge on any atom is -0.497 e. The molecule has 4 rings (SSSR count). The number of nitrogens with zero attached hydrogens (tertiary/aromatic N) is 1. The zero-order chi connectivity index (χ0) is 24.9. The van der Waals surface area contributed by atoms with Gasteiger partial charge in [-0.05, 0) is 48.7 Å². The van der Waals surface area contributed by atoms with Gasteiger partial charge in [0.25, 0.3) is 5.91 Å². The van der Waals surface area contributed by atoms with Gasteiger partial charge in [-0.15, -0.1) is 0 Å². The minimum absolute atomic E-state index is 0.0942. The van der Waals surface area contributed by atoms with Gasteiger partial charge in [-0.25, -0.2) is 0 Å². The Morgan fingerprint density at radius 3 is 2.77 bits per heavy atom. The maximum atomic E-state index is 13.2. The first-order valence-electron chi connectivity index (χ1n) is 11.7. The molecule has 0 saturated carbocycles. The van der Waals surface area contributed by atoms with Crippen molar-refractivity contribution in [3.05, 3.63) is 53.6 Å². The average Bonchev–Trinajstić information content (AvgIpc) is 2.85. The topological polar surface area (TPSA) is 106 Å². The summed E-state index contributed by atoms with van der Waals surface area (Å²) in [6.07, 6.45) is 0.989. The van der Waals surface area contributed by atoms with Gasteiger partial charge < -0.3 is 29.7 Å². The number of hydrogen-bond donors (Lipinski definition) is 2. The van der Waals surface area contributed by atoms with E-state index in [2.05, 4.69) is 10.6 Å². The Kier molecular flexibility index (Phi) is 7.55. The summed E-state index contributed by atoms with van der Waals surface area (Å²) in [6, 6.07) is 12.4. The van der Waals surface area contributed by atoms with E-state index in [-0.39, 0.29) is 49.0 Å². The number of rotatable bonds is 6. The summed E-state index contributed by atoms with van der Waals surface area (Å²) in [6.45, 7) is 2.09. The zero-order valence-corrected chi connectivity index (χ0v) is 20.2. The molecule has 2 heterocycles. The Hall–Kier alpha value is -3.59. The van der Waals surface area contributed by atoms with E-state index in [9.17, 15) is 14.4 Å². The van der Waals surface area contributed by atoms with Crippen molar-refractivity contribution >= 4 is 23.4 Å². The third kappa shape index (κ3) is 5.92. The molecule has 2 aliphatic heterocycles. The maximum Gasteiger partial charge on any atom is 0.257 e. The molecule has 0 radical (unpaired) electrons. The predicted octanol–water partition coefficient (Wildman–Crippen LogP) is 2.74. The molecule has 0 bridgehead atoms. The summed E-state index contributed by atoms with van der Waals surface area (Å²) in [7, 11) is 3.36. The molecule has 0 unspecified atom stereocenters. The summed E-state index contributed by atoms with van der Waals surface area (Å²) in [4.78, 5) is 38.9. The number of ether oxygens (including phenoxy) is 3. The second-order valence-corrected chi connectivity index (χ2v) is 8.89. The number of carbonyl (C=O) groups excluding carboxylic acids is 3. The number of nitrogens with one attached hydrogen (secondary N) is 2. The molecule has 35 heavy (non-hydrogen) atoms. The van der Waals surface area contributed by atoms with Crippen LogP contribution in [0.15, 0.2) is 42.5 Å². The molecule has 3 amide bonds. The van der Waals surface area contributed by atoms with Gasteiger partial charge in [-0.2, -0.15) is 0 Å². The van der Waals surface area contributed by atoms with Gasteiger partial charge in [0.15, 0.2) is 0 Å². The van der Waals surface area contributed by atoms with Crippen molar-refractivity contribution in [1.29, 1.82) is 0 Å². The highest BCUT2D eigenvalue weighted by Gasteiger charge is 2.39. The van der Waals surface area contributed by atoms with Gasteiger partial charge in [0.2, 0.25) is 11.8 Å². The minimum atomic E-state index is -0.350. The van der Waals surface area contributed by atoms with Gasteiger partial charge in [0.05, 0.1) is 31.2 Å². The SMILES string of the molecule is COc1cccc(CNC(=O)C[C@@H]2CC[C@H]3[C@H](COc4ccc(NC(C)=O)cc4C(=O)N3C)O2)c1. The number of anilines is 1. The highest BCUT2D eigenvalue weighted by molar-refractivity contribution is 5.99. The second-order valence-electron chi connectivity index (χ2n) is 8.89. The smallest absolute Gasteiger partial charge is 0.257 e. The van der Waals surface area contributed by atoms with Crippen LogP contribution in [0.2, 0.25) is 0 Å². The van der Waals surface area contributed by atoms with Crippen LogP contribution in [0.5, 0.6) is 11.5 Å². The normalized spacial score (nSPS) is 21.5. The molecule has 1 saturated heterocycles. The highest BCUT2D eigenvalue weighted by Crippen LogP contribution is 2.32. The summed E-state index contributed by atoms with van der Waals surface area (Å²) in [5.74, 6) is 0.686. The van der Waals surface area contributed by atoms with Gasteiger partial charge in [0, 0.05) is 26.2 Å². The fourth-order valence-electron chi connectivity index (χ4n) is 4.57. The van der Waals surface area contributed by atoms with E-state index in [1.807, 2.05) is 24.3 Å². The standard InChI is InChI=1S/C26H31N3O6/c1-16(30)28-18-7-10-23-21(12-18)26(32)29(2)22-9-8-20(35-24(22)15-34-23)13-25(31)27-14-17-5-4-6-19(11-17)33-3/h4-7,10-12,20,22,24H,8-9,13-15H2,1-3H3,(H,27,31)(H,28,30)/t20-,22-,24-/m0/s1. The monoisotopic (exact) mass is 481 g/mol. The third-order valence-electron chi connectivity index (χ3n) is 6.37. The number of hydrogen-bond acceptors (Lipinski definition) is 6. The molecular formula is C26H31N3O6. The molecule has 9 heteroatoms. The van der Waals surface area contributed by atoms with E-state index >= 15 is 0 Å². The molecule has 3 atom stereocenters. The predicted molar refractivity (Wildman–Crippen MR) is 129 cm³/mol. The van der Waals surface area contributed by atoms with Crippen LogP contribution < -0.4 is 20.1 Å². The third-order valence-corrected chi connectivity index (χ3v) is 6.37. The molecule has 0 aliphatic carbocycles. The summed E-state index contributed by atoms with van der Waals surface area (Å²) in [5.41, 5.74) is 1.89. The maximum absolute atomic E-state index is 13.2. The van der Waals surface area contributed by atoms with Crippen LogP contribution >= 0.6 is 0 Å². The van der Waals surface area contributed by atoms with Gasteiger partial charge in [-0.1, -0.05) is 12.1 Å². The van der Waals surface area contributed by atoms with Crippen molar-refractivity contribution in [2.75, 3.05) is 26.1 Å². The van der Waals surface area contributed by atoms with E-state index in [4.69, 9.17) is 14.2 Å². The van der Waals surface area contributed by atoms with Crippen LogP contribution in [-0.2, 0) is 20.9 Å². The summed E-state index contributed by atoms with van der Waals surface area (Å²) >= 11 is 0. The molecule has 2 aromatic rings. The van der Waals surface area contributed by atoms with Crippen LogP contribution in [0.25, 0.3) is 0 Å². The van der Waals surface area contributed by atoms with E-state index < -0.39 is 0 Å². The van der Waals surface area contributed by atoms with Crippen molar-refractivity contribution in [1.82, 2.24) is 10.2 Å². The largest absolute Gasteiger partial charge is 0.497 e. The summed E-state index contributed by atoms with van der Waals surface area (Å²) < 4.78 is 17.4. The quantitative estimate of drug-likeness (QED) is 0.657. The van der Waals surface area contributed by atoms with Crippen LogP contribution in [0, 0.1) is 0 Å². The Morgan fingerprint density at radius 1 is 1.17 bits per heavy atom. The molecule has 2 N–H and O–H groups in total. The number of fused-ring (bicyclic) bond motifs is 2. The fourth-order valence-corrected chi connectivity index (χ4v) is 4.57. The molecule has 1 fully saturated rings. The number of carbonyl (C=O) groups is 3. The number of amides is 3. The van der Waals surface area contributed by atoms with Crippen LogP contribution in [0.1, 0.15) is 42.1 Å². The lowest BCUT2D eigenvalue weighted by molar-refractivity contribution is -0.134. The number of benzene rings is 2. The van der Waals surface area contributed by atoms with E-state index in [1.54, 1.807) is 37.3 Å². The molecular weight excluding hydrogens is 450 g/mol. The number of likely N-dealkylation sites (N-methyl/N-ethyl adjacent to an activating group) is 1. The summed E-state index contributed by atoms with van der Waals surface area (Å²) in [5, 5.41) is 5.64. The Morgan fingerprint density at radius 2 is 2.00 bits per heavy atom. The van der Waals surface area contributed by atoms with Gasteiger partial charge in [-0.3, -0.25) is 14.4 Å². The Bertz CT molecular complexity index is 1100. The van der Waals surface area contributed by atoms with Gasteiger partial charge >= 0.3 is 0 Å². The van der Waals surface area contributed by atoms with Crippen molar-refractivity contribution < 1.29 is 28.6 Å². The van der Waals surface area contributed by atoms with E-state index in [0.29, 0.717) is 36.4 Å². The molecule has 2 aromatic carbocycles. The van der Waals surface area contributed by atoms with Crippen LogP contribution in [0.4, 0.5) is 5.69 Å². The van der Waals surface area contributed by atoms with E-state index in [0.717, 1.165) is 11.3 Å². The zero-order valence-electron chi connectivity index (χ0n) is 20.2. The van der Waals surface area contributed by atoms with Crippen LogP contribution in [-0.4, -0.2) is 61.6 Å². The fraction of sp³-hybridized carbons (Fsp3) is 0.423. The first-order valence-corrected chi connectivity index (χ1v) is 11.7. The van der Waals surface area contributed by atoms with Crippen molar-refractivity contribution in [2.45, 2.75) is 51.0 Å². The first-order chi connectivity index (χ1) is 16.8. The second kappa shape index (κ2) is 10.8. The van der Waals surface area contributed by atoms with Crippen molar-refractivity contribution in [2.24, 2.45) is 0 Å². The molecule has 186 valence electrons. The lowest BCUT2D eigenvalue weighted by Gasteiger charge is -2.42. The molecule has 2 aliphatic rings. The highest BCUT2D eigenvalue weighted by atomic mass is 16.5. The Labute approximate surface area is 204 Å². The van der Waals surface area contributed by atoms with Crippen LogP contribution in [0.3, 0.4) is 0 Å². The lowest BCUT2D eigenvalue weighted by atomic mass is 9.94. The Balaban J connectivity index is 1.37. The lowest BCUT2D eigenvalue weighted by Crippen LogP contribution is -2.53. The molecule has 0 aromatic heterocycles. The molecule has 9 nitrogen and oxygen atoms in total. The van der Waals surface area contributed by atoms with E-state index in [1.165, 1.54) is 6.92 Å².